The molecule has 1 fully saturated rings. The lowest BCUT2D eigenvalue weighted by molar-refractivity contribution is -0.189. The van der Waals surface area contributed by atoms with Gasteiger partial charge >= 0.3 is 6.18 Å². The summed E-state index contributed by atoms with van der Waals surface area (Å²) >= 11 is 6.09. The number of alkyl halides is 4. The maximum Gasteiger partial charge on any atom is 0.425 e. The molecule has 3 rings (SSSR count). The van der Waals surface area contributed by atoms with E-state index in [-0.39, 0.29) is 22.9 Å². The zero-order chi connectivity index (χ0) is 22.9. The molecular weight excluding hydrogens is 440 g/mol. The number of amides is 1. The highest BCUT2D eigenvalue weighted by molar-refractivity contribution is 6.21. The maximum atomic E-state index is 14.9. The van der Waals surface area contributed by atoms with Gasteiger partial charge < -0.3 is 10.1 Å². The van der Waals surface area contributed by atoms with E-state index in [1.54, 1.807) is 19.9 Å². The van der Waals surface area contributed by atoms with Gasteiger partial charge in [0.1, 0.15) is 17.1 Å². The summed E-state index contributed by atoms with van der Waals surface area (Å²) in [7, 11) is 0. The van der Waals surface area contributed by atoms with E-state index in [9.17, 15) is 22.4 Å². The third-order valence-electron chi connectivity index (χ3n) is 4.87. The molecule has 1 amide bonds. The van der Waals surface area contributed by atoms with Crippen molar-refractivity contribution < 1.29 is 27.1 Å². The number of carbonyl (C=O) groups is 1. The van der Waals surface area contributed by atoms with E-state index >= 15 is 0 Å². The number of hydrogen-bond acceptors (Lipinski definition) is 5. The van der Waals surface area contributed by atoms with Gasteiger partial charge in [0.25, 0.3) is 5.91 Å². The molecule has 0 radical (unpaired) electrons. The van der Waals surface area contributed by atoms with E-state index < -0.39 is 41.3 Å². The molecule has 0 aliphatic carbocycles. The number of nitrogens with one attached hydrogen (secondary N) is 3. The Labute approximate surface area is 181 Å². The number of rotatable bonds is 5. The highest BCUT2D eigenvalue weighted by Crippen LogP contribution is 2.33. The minimum absolute atomic E-state index is 0.0892. The third-order valence-corrected chi connectivity index (χ3v) is 5.25. The molecule has 6 nitrogen and oxygen atoms in total. The number of ether oxygens (including phenoxy) is 1. The molecule has 1 aliphatic heterocycles. The fraction of sp³-hybridized carbons (Fsp3) is 0.400. The first-order valence-corrected chi connectivity index (χ1v) is 9.87. The standard InChI is InChI=1S/C20H21ClF4N4O2/c1-9-4-5-15(26-8-9)12-7-16(31-11(3)20(23,24)25)13(6-14(12)22)19(30)27-17-10(2)28-29-18(17)21/h4-8,10-11,17-18,28-29H,1-3H3,(H,27,30)/t10?,11-,17?,18?/m0/s1. The first-order valence-electron chi connectivity index (χ1n) is 9.43. The quantitative estimate of drug-likeness (QED) is 0.360. The Morgan fingerprint density at radius 2 is 2.00 bits per heavy atom. The van der Waals surface area contributed by atoms with Gasteiger partial charge in [0.05, 0.1) is 17.3 Å². The molecule has 1 aromatic carbocycles. The molecule has 31 heavy (non-hydrogen) atoms. The van der Waals surface area contributed by atoms with Crippen LogP contribution in [0.4, 0.5) is 17.6 Å². The Morgan fingerprint density at radius 3 is 2.55 bits per heavy atom. The van der Waals surface area contributed by atoms with Crippen LogP contribution in [0.1, 0.15) is 29.8 Å². The van der Waals surface area contributed by atoms with Crippen molar-refractivity contribution in [3.05, 3.63) is 47.4 Å². The third kappa shape index (κ3) is 5.25. The highest BCUT2D eigenvalue weighted by Gasteiger charge is 2.39. The number of aryl methyl sites for hydroxylation is 1. The summed E-state index contributed by atoms with van der Waals surface area (Å²) in [6, 6.07) is 4.24. The number of halogens is 5. The molecule has 1 aromatic heterocycles. The maximum absolute atomic E-state index is 14.9. The first-order chi connectivity index (χ1) is 14.5. The van der Waals surface area contributed by atoms with Crippen LogP contribution in [-0.2, 0) is 0 Å². The topological polar surface area (TPSA) is 75.3 Å². The largest absolute Gasteiger partial charge is 0.480 e. The van der Waals surface area contributed by atoms with Crippen molar-refractivity contribution in [3.63, 3.8) is 0 Å². The molecule has 3 N–H and O–H groups in total. The van der Waals surface area contributed by atoms with Gasteiger partial charge in [-0.3, -0.25) is 15.2 Å². The van der Waals surface area contributed by atoms with Gasteiger partial charge in [-0.25, -0.2) is 9.82 Å². The fourth-order valence-corrected chi connectivity index (χ4v) is 3.32. The van der Waals surface area contributed by atoms with Crippen LogP contribution in [-0.4, -0.2) is 40.8 Å². The Hall–Kier alpha value is -2.43. The van der Waals surface area contributed by atoms with Crippen molar-refractivity contribution in [1.29, 1.82) is 0 Å². The van der Waals surface area contributed by atoms with Crippen LogP contribution < -0.4 is 20.9 Å². The molecule has 1 aliphatic rings. The molecule has 11 heteroatoms. The van der Waals surface area contributed by atoms with Crippen molar-refractivity contribution in [1.82, 2.24) is 21.2 Å². The Kier molecular flexibility index (Phi) is 6.73. The van der Waals surface area contributed by atoms with E-state index in [1.165, 1.54) is 12.3 Å². The summed E-state index contributed by atoms with van der Waals surface area (Å²) in [6.45, 7) is 4.34. The van der Waals surface area contributed by atoms with Crippen molar-refractivity contribution in [2.24, 2.45) is 0 Å². The number of aromatic nitrogens is 1. The number of hydrogen-bond donors (Lipinski definition) is 3. The average Bonchev–Trinajstić information content (AvgIpc) is 3.01. The van der Waals surface area contributed by atoms with Crippen LogP contribution in [0.3, 0.4) is 0 Å². The van der Waals surface area contributed by atoms with E-state index in [1.807, 2.05) is 0 Å². The SMILES string of the molecule is Cc1ccc(-c2cc(O[C@@H](C)C(F)(F)F)c(C(=O)NC3C(C)NNC3Cl)cc2F)nc1. The van der Waals surface area contributed by atoms with E-state index in [0.717, 1.165) is 24.6 Å². The summed E-state index contributed by atoms with van der Waals surface area (Å²) in [5.74, 6) is -2.06. The van der Waals surface area contributed by atoms with Crippen LogP contribution in [0.5, 0.6) is 5.75 Å². The molecule has 0 saturated carbocycles. The van der Waals surface area contributed by atoms with Crippen molar-refractivity contribution in [2.45, 2.75) is 50.6 Å². The number of hydrazine groups is 1. The predicted molar refractivity (Wildman–Crippen MR) is 107 cm³/mol. The second-order valence-corrected chi connectivity index (χ2v) is 7.80. The Morgan fingerprint density at radius 1 is 1.29 bits per heavy atom. The van der Waals surface area contributed by atoms with Crippen molar-refractivity contribution >= 4 is 17.5 Å². The summed E-state index contributed by atoms with van der Waals surface area (Å²) in [5, 5.41) is 2.60. The van der Waals surface area contributed by atoms with E-state index in [2.05, 4.69) is 21.2 Å². The number of nitrogens with zero attached hydrogens (tertiary/aromatic N) is 1. The summed E-state index contributed by atoms with van der Waals surface area (Å²) in [6.07, 6.45) is -5.41. The molecule has 1 saturated heterocycles. The number of benzene rings is 1. The van der Waals surface area contributed by atoms with Gasteiger partial charge in [-0.15, -0.1) is 11.6 Å². The molecular formula is C20H21ClF4N4O2. The second-order valence-electron chi connectivity index (χ2n) is 7.33. The number of pyridine rings is 1. The van der Waals surface area contributed by atoms with Crippen molar-refractivity contribution in [3.8, 4) is 17.0 Å². The molecule has 0 bridgehead atoms. The van der Waals surface area contributed by atoms with E-state index in [4.69, 9.17) is 16.3 Å². The Balaban J connectivity index is 2.01. The normalized spacial score (nSPS) is 22.3. The zero-order valence-corrected chi connectivity index (χ0v) is 17.6. The summed E-state index contributed by atoms with van der Waals surface area (Å²) in [4.78, 5) is 16.9. The predicted octanol–water partition coefficient (Wildman–Crippen LogP) is 3.69. The Bertz CT molecular complexity index is 945. The minimum atomic E-state index is -4.68. The van der Waals surface area contributed by atoms with Gasteiger partial charge in [-0.2, -0.15) is 13.2 Å². The lowest BCUT2D eigenvalue weighted by Crippen LogP contribution is -2.45. The van der Waals surface area contributed by atoms with E-state index in [0.29, 0.717) is 0 Å². The summed E-state index contributed by atoms with van der Waals surface area (Å²) in [5.41, 5.74) is 5.44. The second kappa shape index (κ2) is 8.97. The van der Waals surface area contributed by atoms with Gasteiger partial charge in [-0.05, 0) is 44.5 Å². The minimum Gasteiger partial charge on any atom is -0.480 e. The van der Waals surface area contributed by atoms with Crippen molar-refractivity contribution in [2.75, 3.05) is 0 Å². The molecule has 3 unspecified atom stereocenters. The molecule has 2 aromatic rings. The van der Waals surface area contributed by atoms with Crippen LogP contribution in [0.15, 0.2) is 30.5 Å². The van der Waals surface area contributed by atoms with Gasteiger partial charge in [-0.1, -0.05) is 6.07 Å². The van der Waals surface area contributed by atoms with Crippen LogP contribution in [0, 0.1) is 12.7 Å². The fourth-order valence-electron chi connectivity index (χ4n) is 2.98. The van der Waals surface area contributed by atoms with Gasteiger partial charge in [0.15, 0.2) is 6.10 Å². The zero-order valence-electron chi connectivity index (χ0n) is 16.8. The molecule has 2 heterocycles. The lowest BCUT2D eigenvalue weighted by atomic mass is 10.0. The number of carbonyl (C=O) groups excluding carboxylic acids is 1. The molecule has 168 valence electrons. The molecule has 4 atom stereocenters. The van der Waals surface area contributed by atoms with Crippen LogP contribution in [0.25, 0.3) is 11.3 Å². The van der Waals surface area contributed by atoms with Crippen LogP contribution in [0.2, 0.25) is 0 Å². The first kappa shape index (κ1) is 23.2. The van der Waals surface area contributed by atoms with Crippen LogP contribution >= 0.6 is 11.6 Å². The monoisotopic (exact) mass is 460 g/mol. The summed E-state index contributed by atoms with van der Waals surface area (Å²) < 4.78 is 59.2. The van der Waals surface area contributed by atoms with Gasteiger partial charge in [0.2, 0.25) is 0 Å². The lowest BCUT2D eigenvalue weighted by Gasteiger charge is -2.22. The smallest absolute Gasteiger partial charge is 0.425 e. The highest BCUT2D eigenvalue weighted by atomic mass is 35.5. The average molecular weight is 461 g/mol. The molecule has 0 spiro atoms. The van der Waals surface area contributed by atoms with Gasteiger partial charge in [0, 0.05) is 17.8 Å².